The van der Waals surface area contributed by atoms with E-state index >= 15 is 0 Å². The second-order valence-electron chi connectivity index (χ2n) is 7.28. The molecule has 0 saturated carbocycles. The van der Waals surface area contributed by atoms with Gasteiger partial charge in [-0.25, -0.2) is 0 Å². The number of aromatic nitrogens is 3. The van der Waals surface area contributed by atoms with E-state index in [9.17, 15) is 4.79 Å². The van der Waals surface area contributed by atoms with Gasteiger partial charge in [-0.1, -0.05) is 65.4 Å². The first-order chi connectivity index (χ1) is 14.5. The average Bonchev–Trinajstić information content (AvgIpc) is 3.13. The summed E-state index contributed by atoms with van der Waals surface area (Å²) >= 11 is 1.41. The number of methoxy groups -OCH3 is 1. The Balaban J connectivity index is 1.71. The van der Waals surface area contributed by atoms with Crippen LogP contribution in [0.4, 0.5) is 0 Å². The molecule has 0 aliphatic rings. The predicted octanol–water partition coefficient (Wildman–Crippen LogP) is 4.01. The maximum atomic E-state index is 12.6. The van der Waals surface area contributed by atoms with Gasteiger partial charge in [0, 0.05) is 19.2 Å². The van der Waals surface area contributed by atoms with E-state index in [0.717, 1.165) is 22.5 Å². The first-order valence-electron chi connectivity index (χ1n) is 9.97. The largest absolute Gasteiger partial charge is 0.383 e. The zero-order chi connectivity index (χ0) is 21.5. The van der Waals surface area contributed by atoms with Crippen molar-refractivity contribution in [3.63, 3.8) is 0 Å². The minimum Gasteiger partial charge on any atom is -0.383 e. The third-order valence-electron chi connectivity index (χ3n) is 4.75. The highest BCUT2D eigenvalue weighted by Crippen LogP contribution is 2.27. The Morgan fingerprint density at radius 1 is 1.13 bits per heavy atom. The van der Waals surface area contributed by atoms with Gasteiger partial charge in [0.1, 0.15) is 0 Å². The number of aryl methyl sites for hydroxylation is 2. The molecule has 0 bridgehead atoms. The monoisotopic (exact) mass is 424 g/mol. The van der Waals surface area contributed by atoms with Crippen LogP contribution in [-0.4, -0.2) is 39.6 Å². The van der Waals surface area contributed by atoms with E-state index in [4.69, 9.17) is 4.74 Å². The molecule has 2 aromatic carbocycles. The summed E-state index contributed by atoms with van der Waals surface area (Å²) in [5.41, 5.74) is 4.44. The minimum atomic E-state index is -0.300. The molecule has 3 aromatic rings. The Kier molecular flexibility index (Phi) is 7.65. The lowest BCUT2D eigenvalue weighted by atomic mass is 10.1. The first-order valence-corrected chi connectivity index (χ1v) is 10.8. The van der Waals surface area contributed by atoms with Crippen LogP contribution in [0.2, 0.25) is 0 Å². The molecule has 0 aliphatic heterocycles. The number of carbonyl (C=O) groups is 1. The van der Waals surface area contributed by atoms with Crippen molar-refractivity contribution in [2.45, 2.75) is 44.3 Å². The molecule has 6 nitrogen and oxygen atoms in total. The van der Waals surface area contributed by atoms with Crippen molar-refractivity contribution < 1.29 is 9.53 Å². The maximum absolute atomic E-state index is 12.6. The second kappa shape index (κ2) is 10.4. The molecule has 30 heavy (non-hydrogen) atoms. The highest BCUT2D eigenvalue weighted by atomic mass is 32.2. The zero-order valence-corrected chi connectivity index (χ0v) is 18.7. The maximum Gasteiger partial charge on any atom is 0.233 e. The Hall–Kier alpha value is -2.64. The number of thioether (sulfide) groups is 1. The summed E-state index contributed by atoms with van der Waals surface area (Å²) in [6.07, 6.45) is 0. The zero-order valence-electron chi connectivity index (χ0n) is 17.9. The van der Waals surface area contributed by atoms with Crippen molar-refractivity contribution in [1.82, 2.24) is 20.1 Å². The number of carbonyl (C=O) groups excluding carboxylic acids is 1. The van der Waals surface area contributed by atoms with Gasteiger partial charge in [-0.05, 0) is 32.4 Å². The van der Waals surface area contributed by atoms with Crippen LogP contribution < -0.4 is 5.32 Å². The Morgan fingerprint density at radius 3 is 2.60 bits per heavy atom. The Morgan fingerprint density at radius 2 is 1.90 bits per heavy atom. The van der Waals surface area contributed by atoms with Gasteiger partial charge in [0.2, 0.25) is 5.91 Å². The van der Waals surface area contributed by atoms with Gasteiger partial charge < -0.3 is 10.1 Å². The highest BCUT2D eigenvalue weighted by molar-refractivity contribution is 8.00. The smallest absolute Gasteiger partial charge is 0.233 e. The van der Waals surface area contributed by atoms with Crippen LogP contribution >= 0.6 is 11.8 Å². The lowest BCUT2D eigenvalue weighted by Crippen LogP contribution is -2.30. The number of nitrogens with one attached hydrogen (secondary N) is 1. The van der Waals surface area contributed by atoms with E-state index in [1.54, 1.807) is 7.11 Å². The van der Waals surface area contributed by atoms with Crippen LogP contribution in [0.1, 0.15) is 23.6 Å². The quantitative estimate of drug-likeness (QED) is 0.526. The highest BCUT2D eigenvalue weighted by Gasteiger charge is 2.20. The van der Waals surface area contributed by atoms with E-state index in [1.807, 2.05) is 54.8 Å². The summed E-state index contributed by atoms with van der Waals surface area (Å²) in [4.78, 5) is 12.6. The first kappa shape index (κ1) is 22.1. The van der Waals surface area contributed by atoms with Crippen molar-refractivity contribution in [3.05, 3.63) is 65.2 Å². The van der Waals surface area contributed by atoms with Crippen LogP contribution in [0.3, 0.4) is 0 Å². The number of benzene rings is 2. The average molecular weight is 425 g/mol. The van der Waals surface area contributed by atoms with Crippen molar-refractivity contribution in [3.8, 4) is 11.4 Å². The number of hydrogen-bond acceptors (Lipinski definition) is 5. The normalized spacial score (nSPS) is 12.0. The summed E-state index contributed by atoms with van der Waals surface area (Å²) in [6.45, 7) is 7.65. The van der Waals surface area contributed by atoms with Gasteiger partial charge >= 0.3 is 0 Å². The molecular weight excluding hydrogens is 396 g/mol. The van der Waals surface area contributed by atoms with Gasteiger partial charge in [0.25, 0.3) is 0 Å². The molecule has 0 aliphatic carbocycles. The molecule has 3 rings (SSSR count). The number of hydrogen-bond donors (Lipinski definition) is 1. The lowest BCUT2D eigenvalue weighted by molar-refractivity contribution is -0.120. The van der Waals surface area contributed by atoms with E-state index < -0.39 is 0 Å². The third kappa shape index (κ3) is 5.70. The predicted molar refractivity (Wildman–Crippen MR) is 120 cm³/mol. The fourth-order valence-corrected chi connectivity index (χ4v) is 3.91. The van der Waals surface area contributed by atoms with Crippen molar-refractivity contribution >= 4 is 17.7 Å². The summed E-state index contributed by atoms with van der Waals surface area (Å²) in [7, 11) is 1.67. The third-order valence-corrected chi connectivity index (χ3v) is 5.83. The molecule has 1 heterocycles. The molecule has 0 saturated heterocycles. The van der Waals surface area contributed by atoms with E-state index in [-0.39, 0.29) is 11.2 Å². The van der Waals surface area contributed by atoms with Crippen molar-refractivity contribution in [2.75, 3.05) is 13.7 Å². The minimum absolute atomic E-state index is 0.0287. The number of rotatable bonds is 9. The van der Waals surface area contributed by atoms with Crippen LogP contribution in [0.25, 0.3) is 11.4 Å². The topological polar surface area (TPSA) is 69.0 Å². The number of nitrogens with zero attached hydrogens (tertiary/aromatic N) is 3. The van der Waals surface area contributed by atoms with Gasteiger partial charge in [0.05, 0.1) is 18.4 Å². The molecule has 7 heteroatoms. The fraction of sp³-hybridized carbons (Fsp3) is 0.348. The molecule has 0 spiro atoms. The van der Waals surface area contributed by atoms with Crippen molar-refractivity contribution in [1.29, 1.82) is 0 Å². The molecule has 158 valence electrons. The number of ether oxygens (including phenoxy) is 1. The second-order valence-corrected chi connectivity index (χ2v) is 8.59. The molecule has 1 N–H and O–H groups in total. The van der Waals surface area contributed by atoms with E-state index in [2.05, 4.69) is 34.6 Å². The summed E-state index contributed by atoms with van der Waals surface area (Å²) < 4.78 is 7.29. The molecule has 0 fully saturated rings. The molecule has 0 unspecified atom stereocenters. The van der Waals surface area contributed by atoms with Crippen LogP contribution in [0.15, 0.2) is 53.7 Å². The molecule has 0 radical (unpaired) electrons. The Labute approximate surface area is 182 Å². The van der Waals surface area contributed by atoms with E-state index in [0.29, 0.717) is 24.9 Å². The fourth-order valence-electron chi connectivity index (χ4n) is 3.01. The van der Waals surface area contributed by atoms with Crippen LogP contribution in [0.5, 0.6) is 0 Å². The summed E-state index contributed by atoms with van der Waals surface area (Å²) in [5.74, 6) is 0.754. The molecule has 1 atom stereocenters. The van der Waals surface area contributed by atoms with Gasteiger partial charge in [0.15, 0.2) is 11.0 Å². The standard InChI is InChI=1S/C23H28N4O2S/c1-16-8-10-19(11-9-16)15-24-22(28)18(3)30-23-26-25-21(27(23)12-13-29-4)20-7-5-6-17(2)14-20/h5-11,14,18H,12-13,15H2,1-4H3,(H,24,28)/t18-/m1/s1. The van der Waals surface area contributed by atoms with E-state index in [1.165, 1.54) is 17.3 Å². The summed E-state index contributed by atoms with van der Waals surface area (Å²) in [6, 6.07) is 16.3. The molecule has 1 aromatic heterocycles. The van der Waals surface area contributed by atoms with Crippen LogP contribution in [-0.2, 0) is 22.6 Å². The summed E-state index contributed by atoms with van der Waals surface area (Å²) in [5, 5.41) is 12.2. The lowest BCUT2D eigenvalue weighted by Gasteiger charge is -2.14. The van der Waals surface area contributed by atoms with Gasteiger partial charge in [-0.15, -0.1) is 10.2 Å². The Bertz CT molecular complexity index is 985. The SMILES string of the molecule is COCCn1c(S[C@H](C)C(=O)NCc2ccc(C)cc2)nnc1-c1cccc(C)c1. The van der Waals surface area contributed by atoms with Gasteiger partial charge in [-0.3, -0.25) is 9.36 Å². The van der Waals surface area contributed by atoms with Crippen LogP contribution in [0, 0.1) is 13.8 Å². The van der Waals surface area contributed by atoms with Crippen molar-refractivity contribution in [2.24, 2.45) is 0 Å². The molecular formula is C23H28N4O2S. The molecule has 1 amide bonds. The van der Waals surface area contributed by atoms with Gasteiger partial charge in [-0.2, -0.15) is 0 Å². The number of amides is 1.